The molecule has 2 rings (SSSR count). The van der Waals surface area contributed by atoms with E-state index in [1.165, 1.54) is 0 Å². The van der Waals surface area contributed by atoms with Crippen LogP contribution in [0.25, 0.3) is 11.6 Å². The number of nitrogens with two attached hydrogens (primary N) is 1. The largest absolute Gasteiger partial charge is 0.379 e. The molecule has 2 aromatic heterocycles. The predicted octanol–water partition coefficient (Wildman–Crippen LogP) is 0.548. The molecule has 16 heavy (non-hydrogen) atoms. The second kappa shape index (κ2) is 4.17. The number of anilines is 2. The lowest BCUT2D eigenvalue weighted by molar-refractivity contribution is 0.308. The smallest absolute Gasteiger partial charge is 0.285 e. The van der Waals surface area contributed by atoms with Crippen molar-refractivity contribution in [2.75, 3.05) is 23.7 Å². The quantitative estimate of drug-likeness (QED) is 0.802. The van der Waals surface area contributed by atoms with Crippen LogP contribution in [0.2, 0.25) is 0 Å². The predicted molar refractivity (Wildman–Crippen MR) is 55.6 cm³/mol. The van der Waals surface area contributed by atoms with E-state index < -0.39 is 0 Å². The van der Waals surface area contributed by atoms with Crippen molar-refractivity contribution in [3.63, 3.8) is 0 Å². The number of nitrogens with zero attached hydrogens (tertiary/aromatic N) is 5. The van der Waals surface area contributed by atoms with Gasteiger partial charge in [0.05, 0.1) is 0 Å². The standard InChI is InChI=1S/C8H12N6O2/c1-3-14(4-2)8-10-7(15-13-8)5-6(9)12-16-11-5/h3-4H2,1-2H3,(H2,9,12). The summed E-state index contributed by atoms with van der Waals surface area (Å²) < 4.78 is 9.48. The van der Waals surface area contributed by atoms with Gasteiger partial charge in [-0.2, -0.15) is 4.98 Å². The molecule has 0 fully saturated rings. The van der Waals surface area contributed by atoms with Crippen molar-refractivity contribution >= 4 is 11.8 Å². The zero-order valence-electron chi connectivity index (χ0n) is 9.04. The molecule has 0 saturated carbocycles. The maximum absolute atomic E-state index is 5.51. The summed E-state index contributed by atoms with van der Waals surface area (Å²) in [6.45, 7) is 5.60. The maximum atomic E-state index is 5.51. The number of hydrogen-bond donors (Lipinski definition) is 1. The number of rotatable bonds is 4. The van der Waals surface area contributed by atoms with Gasteiger partial charge in [0.2, 0.25) is 11.5 Å². The zero-order valence-corrected chi connectivity index (χ0v) is 9.04. The van der Waals surface area contributed by atoms with Crippen molar-refractivity contribution in [1.82, 2.24) is 20.5 Å². The first-order valence-corrected chi connectivity index (χ1v) is 4.93. The second-order valence-electron chi connectivity index (χ2n) is 3.07. The van der Waals surface area contributed by atoms with Crippen molar-refractivity contribution in [1.29, 1.82) is 0 Å². The van der Waals surface area contributed by atoms with Crippen LogP contribution in [-0.4, -0.2) is 33.5 Å². The van der Waals surface area contributed by atoms with Crippen molar-refractivity contribution in [2.24, 2.45) is 0 Å². The third-order valence-electron chi connectivity index (χ3n) is 2.18. The summed E-state index contributed by atoms with van der Waals surface area (Å²) >= 11 is 0. The van der Waals surface area contributed by atoms with Crippen LogP contribution in [0.3, 0.4) is 0 Å². The lowest BCUT2D eigenvalue weighted by atomic mass is 10.4. The Morgan fingerprint density at radius 1 is 1.19 bits per heavy atom. The number of aromatic nitrogens is 4. The van der Waals surface area contributed by atoms with Gasteiger partial charge in [-0.15, -0.1) is 0 Å². The molecule has 0 unspecified atom stereocenters. The third kappa shape index (κ3) is 1.69. The molecule has 86 valence electrons. The van der Waals surface area contributed by atoms with Gasteiger partial charge in [-0.1, -0.05) is 0 Å². The Labute approximate surface area is 91.4 Å². The Kier molecular flexibility index (Phi) is 2.71. The van der Waals surface area contributed by atoms with Crippen LogP contribution >= 0.6 is 0 Å². The Balaban J connectivity index is 2.29. The zero-order chi connectivity index (χ0) is 11.5. The number of nitrogen functional groups attached to an aromatic ring is 1. The van der Waals surface area contributed by atoms with Crippen LogP contribution < -0.4 is 10.6 Å². The van der Waals surface area contributed by atoms with Crippen LogP contribution in [0, 0.1) is 0 Å². The molecule has 0 aliphatic heterocycles. The topological polar surface area (TPSA) is 107 Å². The average Bonchev–Trinajstić information content (AvgIpc) is 2.89. The highest BCUT2D eigenvalue weighted by Gasteiger charge is 2.18. The molecule has 0 radical (unpaired) electrons. The first kappa shape index (κ1) is 10.4. The lowest BCUT2D eigenvalue weighted by Gasteiger charge is -2.14. The molecule has 8 heteroatoms. The van der Waals surface area contributed by atoms with Crippen LogP contribution in [0.15, 0.2) is 9.15 Å². The Hall–Kier alpha value is -2.12. The molecular formula is C8H12N6O2. The molecule has 0 atom stereocenters. The van der Waals surface area contributed by atoms with Gasteiger partial charge in [-0.05, 0) is 29.3 Å². The van der Waals surface area contributed by atoms with E-state index in [1.54, 1.807) is 0 Å². The van der Waals surface area contributed by atoms with Crippen LogP contribution in [0.4, 0.5) is 11.8 Å². The minimum absolute atomic E-state index is 0.134. The fraction of sp³-hybridized carbons (Fsp3) is 0.500. The summed E-state index contributed by atoms with van der Waals surface area (Å²) in [4.78, 5) is 6.10. The van der Waals surface area contributed by atoms with Crippen molar-refractivity contribution < 1.29 is 9.15 Å². The molecule has 0 spiro atoms. The lowest BCUT2D eigenvalue weighted by Crippen LogP contribution is -2.22. The van der Waals surface area contributed by atoms with Gasteiger partial charge in [-0.3, -0.25) is 0 Å². The highest BCUT2D eigenvalue weighted by atomic mass is 16.6. The van der Waals surface area contributed by atoms with Crippen LogP contribution in [0.5, 0.6) is 0 Å². The molecule has 0 bridgehead atoms. The summed E-state index contributed by atoms with van der Waals surface area (Å²) in [6.07, 6.45) is 0. The summed E-state index contributed by atoms with van der Waals surface area (Å²) in [5.41, 5.74) is 5.78. The minimum Gasteiger partial charge on any atom is -0.379 e. The molecule has 8 nitrogen and oxygen atoms in total. The van der Waals surface area contributed by atoms with Gasteiger partial charge in [0.15, 0.2) is 0 Å². The van der Waals surface area contributed by atoms with Crippen LogP contribution in [0.1, 0.15) is 13.8 Å². The molecule has 0 amide bonds. The normalized spacial score (nSPS) is 10.6. The van der Waals surface area contributed by atoms with Gasteiger partial charge in [0.1, 0.15) is 0 Å². The van der Waals surface area contributed by atoms with Crippen LogP contribution in [-0.2, 0) is 0 Å². The van der Waals surface area contributed by atoms with Gasteiger partial charge >= 0.3 is 0 Å². The monoisotopic (exact) mass is 224 g/mol. The van der Waals surface area contributed by atoms with E-state index in [0.29, 0.717) is 5.95 Å². The van der Waals surface area contributed by atoms with E-state index in [9.17, 15) is 0 Å². The summed E-state index contributed by atoms with van der Waals surface area (Å²) in [6, 6.07) is 0. The Morgan fingerprint density at radius 3 is 2.50 bits per heavy atom. The van der Waals surface area contributed by atoms with Crippen molar-refractivity contribution in [3.05, 3.63) is 0 Å². The summed E-state index contributed by atoms with van der Waals surface area (Å²) in [7, 11) is 0. The molecule has 0 aromatic carbocycles. The Bertz CT molecular complexity index is 461. The molecule has 0 aliphatic carbocycles. The van der Waals surface area contributed by atoms with Gasteiger partial charge in [-0.25, -0.2) is 4.63 Å². The maximum Gasteiger partial charge on any atom is 0.285 e. The number of hydrogen-bond acceptors (Lipinski definition) is 8. The average molecular weight is 224 g/mol. The highest BCUT2D eigenvalue weighted by Crippen LogP contribution is 2.21. The molecule has 0 aliphatic rings. The van der Waals surface area contributed by atoms with E-state index in [-0.39, 0.29) is 17.4 Å². The van der Waals surface area contributed by atoms with E-state index in [2.05, 4.69) is 25.1 Å². The fourth-order valence-electron chi connectivity index (χ4n) is 1.29. The minimum atomic E-state index is 0.134. The van der Waals surface area contributed by atoms with E-state index >= 15 is 0 Å². The Morgan fingerprint density at radius 2 is 1.94 bits per heavy atom. The molecule has 2 heterocycles. The van der Waals surface area contributed by atoms with Gasteiger partial charge in [0.25, 0.3) is 11.8 Å². The summed E-state index contributed by atoms with van der Waals surface area (Å²) in [5.74, 6) is 0.845. The molecular weight excluding hydrogens is 212 g/mol. The molecule has 2 aromatic rings. The van der Waals surface area contributed by atoms with Crippen molar-refractivity contribution in [2.45, 2.75) is 13.8 Å². The molecule has 2 N–H and O–H groups in total. The third-order valence-corrected chi connectivity index (χ3v) is 2.18. The van der Waals surface area contributed by atoms with E-state index in [0.717, 1.165) is 13.1 Å². The highest BCUT2D eigenvalue weighted by molar-refractivity contribution is 5.61. The molecule has 0 saturated heterocycles. The first-order valence-electron chi connectivity index (χ1n) is 4.93. The SMILES string of the molecule is CCN(CC)c1noc(-c2nonc2N)n1. The first-order chi connectivity index (χ1) is 7.76. The van der Waals surface area contributed by atoms with Crippen molar-refractivity contribution in [3.8, 4) is 11.6 Å². The second-order valence-corrected chi connectivity index (χ2v) is 3.07. The van der Waals surface area contributed by atoms with E-state index in [1.807, 2.05) is 18.7 Å². The summed E-state index contributed by atoms with van der Waals surface area (Å²) in [5, 5.41) is 10.9. The fourth-order valence-corrected chi connectivity index (χ4v) is 1.29. The van der Waals surface area contributed by atoms with Gasteiger partial charge < -0.3 is 15.2 Å². The van der Waals surface area contributed by atoms with E-state index in [4.69, 9.17) is 10.3 Å². The van der Waals surface area contributed by atoms with Gasteiger partial charge in [0, 0.05) is 13.1 Å².